The molecule has 27 heavy (non-hydrogen) atoms. The highest BCUT2D eigenvalue weighted by Crippen LogP contribution is 2.19. The normalized spacial score (nSPS) is 12.0. The quantitative estimate of drug-likeness (QED) is 0.727. The molecule has 2 heterocycles. The van der Waals surface area contributed by atoms with E-state index in [1.807, 2.05) is 53.1 Å². The Bertz CT molecular complexity index is 957. The van der Waals surface area contributed by atoms with Crippen molar-refractivity contribution >= 4 is 5.91 Å². The molecule has 1 N–H and O–H groups in total. The number of benzene rings is 1. The Kier molecular flexibility index (Phi) is 5.30. The fraction of sp³-hybridized carbons (Fsp3) is 0.350. The van der Waals surface area contributed by atoms with Crippen molar-refractivity contribution in [3.05, 3.63) is 64.7 Å². The van der Waals surface area contributed by atoms with Gasteiger partial charge in [0.2, 0.25) is 0 Å². The Morgan fingerprint density at radius 3 is 2.67 bits per heavy atom. The minimum Gasteiger partial charge on any atom is -0.471 e. The van der Waals surface area contributed by atoms with Gasteiger partial charge in [-0.2, -0.15) is 10.2 Å². The van der Waals surface area contributed by atoms with Gasteiger partial charge in [0.1, 0.15) is 11.4 Å². The van der Waals surface area contributed by atoms with Crippen LogP contribution in [0.4, 0.5) is 0 Å². The first-order chi connectivity index (χ1) is 12.8. The number of ether oxygens (including phenoxy) is 1. The molecule has 0 radical (unpaired) electrons. The molecule has 0 aliphatic heterocycles. The van der Waals surface area contributed by atoms with E-state index in [2.05, 4.69) is 21.6 Å². The lowest BCUT2D eigenvalue weighted by Gasteiger charge is -2.12. The van der Waals surface area contributed by atoms with Crippen molar-refractivity contribution in [2.75, 3.05) is 0 Å². The maximum Gasteiger partial charge on any atom is 0.272 e. The largest absolute Gasteiger partial charge is 0.471 e. The molecule has 0 unspecified atom stereocenters. The molecule has 0 aliphatic carbocycles. The van der Waals surface area contributed by atoms with Gasteiger partial charge in [0.25, 0.3) is 5.91 Å². The van der Waals surface area contributed by atoms with Gasteiger partial charge in [-0.25, -0.2) is 4.68 Å². The minimum atomic E-state index is -0.226. The van der Waals surface area contributed by atoms with E-state index in [1.165, 1.54) is 5.56 Å². The fourth-order valence-electron chi connectivity index (χ4n) is 3.04. The van der Waals surface area contributed by atoms with Gasteiger partial charge in [0, 0.05) is 25.0 Å². The summed E-state index contributed by atoms with van der Waals surface area (Å²) in [6.07, 6.45) is 3.65. The molecule has 1 atom stereocenters. The van der Waals surface area contributed by atoms with Gasteiger partial charge < -0.3 is 10.1 Å². The number of carbonyl (C=O) groups is 1. The highest BCUT2D eigenvalue weighted by atomic mass is 16.5. The monoisotopic (exact) mass is 367 g/mol. The molecule has 0 saturated heterocycles. The van der Waals surface area contributed by atoms with Gasteiger partial charge in [-0.1, -0.05) is 17.7 Å². The summed E-state index contributed by atoms with van der Waals surface area (Å²) in [5, 5.41) is 11.6. The van der Waals surface area contributed by atoms with Crippen molar-refractivity contribution in [3.63, 3.8) is 0 Å². The van der Waals surface area contributed by atoms with E-state index >= 15 is 0 Å². The fourth-order valence-corrected chi connectivity index (χ4v) is 3.04. The third-order valence-corrected chi connectivity index (χ3v) is 4.42. The van der Waals surface area contributed by atoms with E-state index in [0.29, 0.717) is 5.69 Å². The van der Waals surface area contributed by atoms with Crippen LogP contribution in [0.2, 0.25) is 0 Å². The second-order valence-corrected chi connectivity index (χ2v) is 6.82. The second-order valence-electron chi connectivity index (χ2n) is 6.82. The third kappa shape index (κ3) is 4.36. The molecule has 0 fully saturated rings. The number of aromatic nitrogens is 4. The number of carbonyl (C=O) groups excluding carboxylic acids is 1. The summed E-state index contributed by atoms with van der Waals surface area (Å²) in [7, 11) is 1.86. The van der Waals surface area contributed by atoms with E-state index in [0.717, 1.165) is 22.6 Å². The van der Waals surface area contributed by atoms with Crippen molar-refractivity contribution in [1.29, 1.82) is 0 Å². The summed E-state index contributed by atoms with van der Waals surface area (Å²) in [5.41, 5.74) is 4.51. The number of nitrogens with one attached hydrogen (secondary N) is 1. The molecule has 0 bridgehead atoms. The van der Waals surface area contributed by atoms with Gasteiger partial charge in [-0.3, -0.25) is 9.48 Å². The Balaban J connectivity index is 1.61. The van der Waals surface area contributed by atoms with Crippen LogP contribution in [0, 0.1) is 20.8 Å². The van der Waals surface area contributed by atoms with E-state index in [9.17, 15) is 4.79 Å². The van der Waals surface area contributed by atoms with Gasteiger partial charge >= 0.3 is 0 Å². The van der Waals surface area contributed by atoms with Crippen LogP contribution < -0.4 is 10.1 Å². The molecular weight excluding hydrogens is 342 g/mol. The first-order valence-corrected chi connectivity index (χ1v) is 8.88. The van der Waals surface area contributed by atoms with Crippen LogP contribution in [0.1, 0.15) is 45.8 Å². The van der Waals surface area contributed by atoms with E-state index in [-0.39, 0.29) is 18.7 Å². The van der Waals surface area contributed by atoms with Gasteiger partial charge in [-0.05, 0) is 45.4 Å². The van der Waals surface area contributed by atoms with Crippen LogP contribution in [-0.2, 0) is 13.8 Å². The lowest BCUT2D eigenvalue weighted by Crippen LogP contribution is -2.27. The van der Waals surface area contributed by atoms with Crippen molar-refractivity contribution in [2.24, 2.45) is 7.05 Å². The minimum absolute atomic E-state index is 0.150. The molecule has 7 heteroatoms. The first-order valence-electron chi connectivity index (χ1n) is 8.88. The van der Waals surface area contributed by atoms with Crippen LogP contribution in [0.15, 0.2) is 36.7 Å². The molecule has 3 aromatic rings. The zero-order chi connectivity index (χ0) is 19.6. The molecule has 0 saturated carbocycles. The van der Waals surface area contributed by atoms with E-state index in [1.54, 1.807) is 21.6 Å². The van der Waals surface area contributed by atoms with Crippen LogP contribution in [-0.4, -0.2) is 25.5 Å². The highest BCUT2D eigenvalue weighted by Gasteiger charge is 2.17. The molecule has 1 amide bonds. The Hall–Kier alpha value is -3.09. The van der Waals surface area contributed by atoms with E-state index < -0.39 is 0 Å². The predicted octanol–water partition coefficient (Wildman–Crippen LogP) is 3.07. The van der Waals surface area contributed by atoms with Crippen LogP contribution in [0.3, 0.4) is 0 Å². The lowest BCUT2D eigenvalue weighted by molar-refractivity contribution is 0.0932. The van der Waals surface area contributed by atoms with Crippen molar-refractivity contribution in [2.45, 2.75) is 40.5 Å². The van der Waals surface area contributed by atoms with Crippen molar-refractivity contribution < 1.29 is 9.53 Å². The number of hydrogen-bond acceptors (Lipinski definition) is 4. The molecule has 0 aliphatic rings. The summed E-state index contributed by atoms with van der Waals surface area (Å²) in [5.74, 6) is 0.582. The highest BCUT2D eigenvalue weighted by molar-refractivity contribution is 5.92. The Morgan fingerprint density at radius 1 is 1.22 bits per heavy atom. The molecule has 7 nitrogen and oxygen atoms in total. The van der Waals surface area contributed by atoms with E-state index in [4.69, 9.17) is 4.74 Å². The average Bonchev–Trinajstić information content (AvgIpc) is 3.20. The Morgan fingerprint density at radius 2 is 2.00 bits per heavy atom. The van der Waals surface area contributed by atoms with Crippen LogP contribution in [0.25, 0.3) is 0 Å². The molecule has 1 aromatic carbocycles. The molecule has 3 rings (SSSR count). The summed E-state index contributed by atoms with van der Waals surface area (Å²) in [4.78, 5) is 12.5. The van der Waals surface area contributed by atoms with Crippen LogP contribution >= 0.6 is 0 Å². The van der Waals surface area contributed by atoms with Crippen LogP contribution in [0.5, 0.6) is 5.75 Å². The topological polar surface area (TPSA) is 74.0 Å². The van der Waals surface area contributed by atoms with Crippen molar-refractivity contribution in [3.8, 4) is 5.75 Å². The van der Waals surface area contributed by atoms with Gasteiger partial charge in [-0.15, -0.1) is 0 Å². The zero-order valence-corrected chi connectivity index (χ0v) is 16.4. The third-order valence-electron chi connectivity index (χ3n) is 4.42. The molecule has 142 valence electrons. The Labute approximate surface area is 159 Å². The number of nitrogens with zero attached hydrogens (tertiary/aromatic N) is 4. The summed E-state index contributed by atoms with van der Waals surface area (Å²) in [6.45, 7) is 8.16. The maximum atomic E-state index is 12.5. The standard InChI is InChI=1S/C20H25N5O2/c1-13-6-7-19(14(2)10-13)27-12-25-9-8-18(23-25)20(26)21-15(3)17-11-24(5)22-16(17)4/h6-11,15H,12H2,1-5H3,(H,21,26)/t15-/m0/s1. The SMILES string of the molecule is Cc1ccc(OCn2ccc(C(=O)N[C@@H](C)c3cn(C)nc3C)n2)c(C)c1. The van der Waals surface area contributed by atoms with Gasteiger partial charge in [0.05, 0.1) is 11.7 Å². The number of aryl methyl sites for hydroxylation is 4. The molecule has 2 aromatic heterocycles. The zero-order valence-electron chi connectivity index (χ0n) is 16.4. The number of amides is 1. The molecular formula is C20H25N5O2. The summed E-state index contributed by atoms with van der Waals surface area (Å²) in [6, 6.07) is 7.55. The predicted molar refractivity (Wildman–Crippen MR) is 103 cm³/mol. The maximum absolute atomic E-state index is 12.5. The summed E-state index contributed by atoms with van der Waals surface area (Å²) < 4.78 is 9.15. The molecule has 0 spiro atoms. The lowest BCUT2D eigenvalue weighted by atomic mass is 10.1. The van der Waals surface area contributed by atoms with Gasteiger partial charge in [0.15, 0.2) is 6.73 Å². The first kappa shape index (κ1) is 18.7. The number of hydrogen-bond donors (Lipinski definition) is 1. The average molecular weight is 367 g/mol. The second kappa shape index (κ2) is 7.65. The van der Waals surface area contributed by atoms with Crippen molar-refractivity contribution in [1.82, 2.24) is 24.9 Å². The summed E-state index contributed by atoms with van der Waals surface area (Å²) >= 11 is 0. The smallest absolute Gasteiger partial charge is 0.272 e. The number of rotatable bonds is 6.